The van der Waals surface area contributed by atoms with Crippen LogP contribution in [-0.2, 0) is 9.53 Å². The molecule has 1 aliphatic heterocycles. The Balaban J connectivity index is 1.87. The van der Waals surface area contributed by atoms with Crippen molar-refractivity contribution in [3.8, 4) is 5.75 Å². The first-order chi connectivity index (χ1) is 7.24. The molecule has 0 atom stereocenters. The molecule has 0 radical (unpaired) electrons. The number of hydrogen-bond acceptors (Lipinski definition) is 3. The van der Waals surface area contributed by atoms with Crippen LogP contribution < -0.4 is 4.74 Å². The van der Waals surface area contributed by atoms with E-state index in [1.807, 2.05) is 12.1 Å². The average Bonchev–Trinajstić information content (AvgIpc) is 2.11. The van der Waals surface area contributed by atoms with Crippen LogP contribution >= 0.6 is 15.9 Å². The molecule has 80 valence electrons. The van der Waals surface area contributed by atoms with E-state index in [0.29, 0.717) is 31.3 Å². The van der Waals surface area contributed by atoms with Gasteiger partial charge in [0.05, 0.1) is 19.6 Å². The molecular weight excluding hydrogens is 260 g/mol. The van der Waals surface area contributed by atoms with Crippen molar-refractivity contribution in [1.82, 2.24) is 0 Å². The van der Waals surface area contributed by atoms with Gasteiger partial charge in [-0.05, 0) is 18.2 Å². The van der Waals surface area contributed by atoms with Gasteiger partial charge in [0, 0.05) is 10.4 Å². The lowest BCUT2D eigenvalue weighted by Crippen LogP contribution is -2.30. The Kier molecular flexibility index (Phi) is 3.38. The predicted molar refractivity (Wildman–Crippen MR) is 58.7 cm³/mol. The summed E-state index contributed by atoms with van der Waals surface area (Å²) in [5.41, 5.74) is 0. The number of hydrogen-bond donors (Lipinski definition) is 0. The van der Waals surface area contributed by atoms with Crippen LogP contribution in [0.1, 0.15) is 6.42 Å². The molecule has 1 heterocycles. The van der Waals surface area contributed by atoms with Gasteiger partial charge in [0.25, 0.3) is 0 Å². The molecule has 0 N–H and O–H groups in total. The van der Waals surface area contributed by atoms with Gasteiger partial charge in [-0.1, -0.05) is 22.0 Å². The lowest BCUT2D eigenvalue weighted by atomic mass is 10.1. The van der Waals surface area contributed by atoms with Gasteiger partial charge in [-0.15, -0.1) is 0 Å². The van der Waals surface area contributed by atoms with Crippen LogP contribution in [0.25, 0.3) is 0 Å². The summed E-state index contributed by atoms with van der Waals surface area (Å²) in [6.45, 7) is 1.35. The molecule has 1 saturated heterocycles. The highest BCUT2D eigenvalue weighted by molar-refractivity contribution is 9.10. The van der Waals surface area contributed by atoms with Crippen LogP contribution in [0.2, 0.25) is 0 Å². The van der Waals surface area contributed by atoms with Crippen molar-refractivity contribution in [2.45, 2.75) is 6.42 Å². The number of carbonyl (C=O) groups is 1. The Morgan fingerprint density at radius 3 is 2.93 bits per heavy atom. The van der Waals surface area contributed by atoms with E-state index >= 15 is 0 Å². The van der Waals surface area contributed by atoms with Crippen LogP contribution in [0.3, 0.4) is 0 Å². The third-order valence-electron chi connectivity index (χ3n) is 2.19. The fourth-order valence-corrected chi connectivity index (χ4v) is 1.72. The Morgan fingerprint density at radius 1 is 1.53 bits per heavy atom. The fraction of sp³-hybridized carbons (Fsp3) is 0.364. The minimum absolute atomic E-state index is 0.193. The summed E-state index contributed by atoms with van der Waals surface area (Å²) in [5, 5.41) is 0. The highest BCUT2D eigenvalue weighted by atomic mass is 79.9. The third-order valence-corrected chi connectivity index (χ3v) is 2.68. The summed E-state index contributed by atoms with van der Waals surface area (Å²) in [5.74, 6) is 0.723. The van der Waals surface area contributed by atoms with Gasteiger partial charge in [0.1, 0.15) is 5.75 Å². The fourth-order valence-electron chi connectivity index (χ4n) is 1.34. The van der Waals surface area contributed by atoms with Crippen LogP contribution in [0, 0.1) is 5.92 Å². The van der Waals surface area contributed by atoms with Crippen molar-refractivity contribution in [3.05, 3.63) is 28.7 Å². The first-order valence-electron chi connectivity index (χ1n) is 4.78. The zero-order valence-corrected chi connectivity index (χ0v) is 9.70. The molecule has 4 heteroatoms. The molecule has 0 saturated carbocycles. The molecule has 0 bridgehead atoms. The zero-order chi connectivity index (χ0) is 10.7. The van der Waals surface area contributed by atoms with E-state index in [2.05, 4.69) is 15.9 Å². The number of carbonyl (C=O) groups excluding carboxylic acids is 1. The van der Waals surface area contributed by atoms with Gasteiger partial charge in [0.15, 0.2) is 0 Å². The second kappa shape index (κ2) is 4.77. The van der Waals surface area contributed by atoms with Gasteiger partial charge in [-0.2, -0.15) is 0 Å². The summed E-state index contributed by atoms with van der Waals surface area (Å²) in [7, 11) is 0. The highest BCUT2D eigenvalue weighted by Gasteiger charge is 2.22. The second-order valence-electron chi connectivity index (χ2n) is 3.54. The predicted octanol–water partition coefficient (Wildman–Crippen LogP) is 2.39. The van der Waals surface area contributed by atoms with E-state index < -0.39 is 0 Å². The summed E-state index contributed by atoms with van der Waals surface area (Å²) < 4.78 is 11.1. The highest BCUT2D eigenvalue weighted by Crippen LogP contribution is 2.20. The molecule has 1 aromatic carbocycles. The minimum atomic E-state index is -0.193. The van der Waals surface area contributed by atoms with Gasteiger partial charge >= 0.3 is 5.97 Å². The van der Waals surface area contributed by atoms with E-state index in [0.717, 1.165) is 4.47 Å². The Labute approximate surface area is 96.5 Å². The van der Waals surface area contributed by atoms with Crippen LogP contribution in [0.15, 0.2) is 28.7 Å². The lowest BCUT2D eigenvalue weighted by molar-refractivity contribution is -0.139. The third kappa shape index (κ3) is 3.04. The van der Waals surface area contributed by atoms with E-state index in [-0.39, 0.29) is 5.97 Å². The molecule has 1 fully saturated rings. The van der Waals surface area contributed by atoms with E-state index in [1.54, 1.807) is 12.1 Å². The maximum absolute atomic E-state index is 11.4. The molecule has 0 aromatic heterocycles. The molecule has 15 heavy (non-hydrogen) atoms. The Hall–Kier alpha value is -0.870. The molecule has 1 aromatic rings. The van der Waals surface area contributed by atoms with E-state index in [1.165, 1.54) is 0 Å². The normalized spacial score (nSPS) is 15.8. The maximum Gasteiger partial charge on any atom is 0.311 e. The van der Waals surface area contributed by atoms with Crippen LogP contribution in [0.5, 0.6) is 5.75 Å². The largest absolute Gasteiger partial charge is 0.426 e. The molecule has 2 rings (SSSR count). The van der Waals surface area contributed by atoms with Crippen molar-refractivity contribution >= 4 is 21.9 Å². The number of halogens is 1. The Morgan fingerprint density at radius 2 is 2.33 bits per heavy atom. The number of esters is 1. The van der Waals surface area contributed by atoms with Crippen molar-refractivity contribution in [1.29, 1.82) is 0 Å². The van der Waals surface area contributed by atoms with E-state index in [4.69, 9.17) is 9.47 Å². The number of rotatable bonds is 3. The molecular formula is C11H11BrO3. The van der Waals surface area contributed by atoms with E-state index in [9.17, 15) is 4.79 Å². The van der Waals surface area contributed by atoms with Crippen molar-refractivity contribution < 1.29 is 14.3 Å². The van der Waals surface area contributed by atoms with Crippen LogP contribution in [-0.4, -0.2) is 19.2 Å². The monoisotopic (exact) mass is 270 g/mol. The van der Waals surface area contributed by atoms with Gasteiger partial charge in [0.2, 0.25) is 0 Å². The molecule has 0 unspecified atom stereocenters. The lowest BCUT2D eigenvalue weighted by Gasteiger charge is -2.24. The quantitative estimate of drug-likeness (QED) is 0.625. The topological polar surface area (TPSA) is 35.5 Å². The Bertz CT molecular complexity index is 361. The number of benzene rings is 1. The van der Waals surface area contributed by atoms with Crippen molar-refractivity contribution in [3.63, 3.8) is 0 Å². The molecule has 0 aliphatic carbocycles. The van der Waals surface area contributed by atoms with Gasteiger partial charge in [-0.25, -0.2) is 0 Å². The summed E-state index contributed by atoms with van der Waals surface area (Å²) in [6, 6.07) is 7.26. The summed E-state index contributed by atoms with van der Waals surface area (Å²) >= 11 is 3.32. The van der Waals surface area contributed by atoms with Gasteiger partial charge < -0.3 is 9.47 Å². The standard InChI is InChI=1S/C11H11BrO3/c12-9-2-1-3-10(5-9)15-11(13)4-8-6-14-7-8/h1-3,5,8H,4,6-7H2. The molecule has 1 aliphatic rings. The minimum Gasteiger partial charge on any atom is -0.426 e. The van der Waals surface area contributed by atoms with Crippen LogP contribution in [0.4, 0.5) is 0 Å². The zero-order valence-electron chi connectivity index (χ0n) is 8.11. The first-order valence-corrected chi connectivity index (χ1v) is 5.57. The second-order valence-corrected chi connectivity index (χ2v) is 4.45. The van der Waals surface area contributed by atoms with Gasteiger partial charge in [-0.3, -0.25) is 4.79 Å². The summed E-state index contributed by atoms with van der Waals surface area (Å²) in [4.78, 5) is 11.4. The smallest absolute Gasteiger partial charge is 0.311 e. The summed E-state index contributed by atoms with van der Waals surface area (Å²) in [6.07, 6.45) is 0.437. The molecule has 3 nitrogen and oxygen atoms in total. The number of ether oxygens (including phenoxy) is 2. The SMILES string of the molecule is O=C(CC1COC1)Oc1cccc(Br)c1. The van der Waals surface area contributed by atoms with Crippen molar-refractivity contribution in [2.75, 3.05) is 13.2 Å². The molecule has 0 amide bonds. The average molecular weight is 271 g/mol. The first kappa shape index (κ1) is 10.6. The maximum atomic E-state index is 11.4. The molecule has 0 spiro atoms. The van der Waals surface area contributed by atoms with Crippen molar-refractivity contribution in [2.24, 2.45) is 5.92 Å².